The maximum absolute atomic E-state index is 14.0. The molecule has 1 amide bonds. The van der Waals surface area contributed by atoms with Crippen molar-refractivity contribution in [2.45, 2.75) is 91.4 Å². The monoisotopic (exact) mass is 825 g/mol. The molecule has 4 heterocycles. The molecule has 61 heavy (non-hydrogen) atoms. The summed E-state index contributed by atoms with van der Waals surface area (Å²) >= 11 is 0. The van der Waals surface area contributed by atoms with E-state index in [9.17, 15) is 9.59 Å². The van der Waals surface area contributed by atoms with Gasteiger partial charge in [0, 0.05) is 73.1 Å². The van der Waals surface area contributed by atoms with Crippen LogP contribution in [-0.4, -0.2) is 76.3 Å². The molecule has 0 radical (unpaired) electrons. The predicted octanol–water partition coefficient (Wildman–Crippen LogP) is 10.1. The van der Waals surface area contributed by atoms with Crippen molar-refractivity contribution >= 4 is 39.4 Å². The van der Waals surface area contributed by atoms with Gasteiger partial charge in [0.25, 0.3) is 0 Å². The summed E-state index contributed by atoms with van der Waals surface area (Å²) in [5.74, 6) is 1.34. The molecule has 0 unspecified atom stereocenters. The molecule has 1 fully saturated rings. The lowest BCUT2D eigenvalue weighted by Crippen LogP contribution is -2.50. The molecule has 2 aliphatic heterocycles. The third-order valence-electron chi connectivity index (χ3n) is 11.8. The Balaban J connectivity index is 1.06. The molecule has 0 bridgehead atoms. The fraction of sp³-hybridized carbons (Fsp3) is 0.420. The molecule has 2 aromatic heterocycles. The summed E-state index contributed by atoms with van der Waals surface area (Å²) in [5, 5.41) is 8.40. The largest absolute Gasteiger partial charge is 0.493 e. The quantitative estimate of drug-likeness (QED) is 0.0941. The van der Waals surface area contributed by atoms with Crippen LogP contribution in [-0.2, 0) is 42.5 Å². The average molecular weight is 826 g/mol. The lowest BCUT2D eigenvalue weighted by Gasteiger charge is -2.36. The molecule has 8 rings (SSSR count). The second-order valence-corrected chi connectivity index (χ2v) is 17.1. The fourth-order valence-corrected chi connectivity index (χ4v) is 8.96. The minimum absolute atomic E-state index is 0.261. The van der Waals surface area contributed by atoms with Crippen LogP contribution in [0.2, 0.25) is 0 Å². The van der Waals surface area contributed by atoms with Crippen LogP contribution in [0.3, 0.4) is 0 Å². The summed E-state index contributed by atoms with van der Waals surface area (Å²) in [6, 6.07) is 29.1. The summed E-state index contributed by atoms with van der Waals surface area (Å²) in [5.41, 5.74) is 7.44. The van der Waals surface area contributed by atoms with Crippen molar-refractivity contribution in [1.82, 2.24) is 19.2 Å². The van der Waals surface area contributed by atoms with Crippen molar-refractivity contribution < 1.29 is 28.5 Å². The highest BCUT2D eigenvalue weighted by atomic mass is 16.6. The number of piperazine rings is 1. The average Bonchev–Trinajstić information content (AvgIpc) is 3.74. The third kappa shape index (κ3) is 9.21. The van der Waals surface area contributed by atoms with Gasteiger partial charge in [0.05, 0.1) is 18.7 Å². The van der Waals surface area contributed by atoms with E-state index in [0.717, 1.165) is 119 Å². The van der Waals surface area contributed by atoms with E-state index < -0.39 is 5.60 Å². The summed E-state index contributed by atoms with van der Waals surface area (Å²) in [7, 11) is 2.03. The van der Waals surface area contributed by atoms with Crippen molar-refractivity contribution in [3.63, 3.8) is 0 Å². The van der Waals surface area contributed by atoms with Gasteiger partial charge in [0.2, 0.25) is 0 Å². The summed E-state index contributed by atoms with van der Waals surface area (Å²) in [6.45, 7) is 12.0. The Morgan fingerprint density at radius 1 is 0.787 bits per heavy atom. The maximum atomic E-state index is 14.0. The highest BCUT2D eigenvalue weighted by Gasteiger charge is 2.29. The minimum atomic E-state index is -0.513. The van der Waals surface area contributed by atoms with Gasteiger partial charge < -0.3 is 33.3 Å². The Morgan fingerprint density at radius 2 is 1.52 bits per heavy atom. The first-order valence-electron chi connectivity index (χ1n) is 22.0. The number of ether oxygens (including phenoxy) is 4. The smallest absolute Gasteiger partial charge is 0.410 e. The third-order valence-corrected chi connectivity index (χ3v) is 11.8. The molecular formula is C50H59N5O6. The van der Waals surface area contributed by atoms with Gasteiger partial charge in [-0.05, 0) is 101 Å². The highest BCUT2D eigenvalue weighted by molar-refractivity contribution is 6.05. The van der Waals surface area contributed by atoms with Gasteiger partial charge in [-0.2, -0.15) is 5.10 Å². The first-order chi connectivity index (χ1) is 29.6. The molecule has 0 saturated carbocycles. The van der Waals surface area contributed by atoms with Crippen molar-refractivity contribution in [3.05, 3.63) is 108 Å². The van der Waals surface area contributed by atoms with Gasteiger partial charge in [-0.1, -0.05) is 67.4 Å². The van der Waals surface area contributed by atoms with Gasteiger partial charge in [0.15, 0.2) is 0 Å². The Bertz CT molecular complexity index is 2480. The first kappa shape index (κ1) is 41.8. The van der Waals surface area contributed by atoms with Crippen LogP contribution < -0.4 is 14.4 Å². The van der Waals surface area contributed by atoms with Gasteiger partial charge in [-0.25, -0.2) is 9.59 Å². The van der Waals surface area contributed by atoms with Crippen LogP contribution in [0.1, 0.15) is 87.2 Å². The number of carbonyl (C=O) groups excluding carboxylic acids is 2. The molecule has 0 N–H and O–H groups in total. The SMILES string of the molecule is CCOC(=O)c1c(CCCOc2cccc3ccccc23)c2cccc3c2n1CCCCCCc1c-3c(COc2ccc(N3CCN(C(=O)OC(C)(C)C)CC3)cc2)nn1C. The molecule has 11 nitrogen and oxygen atoms in total. The number of para-hydroxylation sites is 1. The predicted molar refractivity (Wildman–Crippen MR) is 241 cm³/mol. The highest BCUT2D eigenvalue weighted by Crippen LogP contribution is 2.40. The van der Waals surface area contributed by atoms with Crippen molar-refractivity contribution in [1.29, 1.82) is 0 Å². The summed E-state index contributed by atoms with van der Waals surface area (Å²) in [6.07, 6.45) is 6.21. The van der Waals surface area contributed by atoms with Crippen LogP contribution in [0.25, 0.3) is 32.8 Å². The zero-order valence-electron chi connectivity index (χ0n) is 36.4. The Kier molecular flexibility index (Phi) is 12.6. The number of hydrogen-bond acceptors (Lipinski definition) is 8. The van der Waals surface area contributed by atoms with Crippen LogP contribution in [0.15, 0.2) is 84.9 Å². The number of nitrogens with zero attached hydrogens (tertiary/aromatic N) is 5. The lowest BCUT2D eigenvalue weighted by molar-refractivity contribution is 0.0240. The van der Waals surface area contributed by atoms with Gasteiger partial charge in [-0.3, -0.25) is 4.68 Å². The number of rotatable bonds is 11. The Hall–Kier alpha value is -5.97. The van der Waals surface area contributed by atoms with Crippen LogP contribution in [0.4, 0.5) is 10.5 Å². The molecular weight excluding hydrogens is 767 g/mol. The number of esters is 1. The second kappa shape index (κ2) is 18.3. The van der Waals surface area contributed by atoms with E-state index in [0.29, 0.717) is 38.4 Å². The van der Waals surface area contributed by atoms with Crippen molar-refractivity contribution in [2.24, 2.45) is 7.05 Å². The fourth-order valence-electron chi connectivity index (χ4n) is 8.96. The number of aryl methyl sites for hydroxylation is 3. The van der Waals surface area contributed by atoms with E-state index in [4.69, 9.17) is 24.0 Å². The number of anilines is 1. The van der Waals surface area contributed by atoms with Crippen LogP contribution in [0.5, 0.6) is 11.5 Å². The Morgan fingerprint density at radius 3 is 2.31 bits per heavy atom. The number of hydrogen-bond donors (Lipinski definition) is 0. The number of fused-ring (bicyclic) bond motifs is 3. The standard InChI is InChI=1S/C50H59N5O6/c1-6-58-48(56)47-40(21-15-33-59-44-23-13-17-35-16-10-11-18-38(35)44)39-19-14-20-41-45-42(51-52(5)43(45)22-9-7-8-12-28-55(47)46(39)41)34-60-37-26-24-36(25-27-37)53-29-31-54(32-30-53)49(57)61-50(2,3)4/h10-11,13-14,16-20,23-27H,6-9,12,15,21-22,28-34H2,1-5H3. The molecule has 0 spiro atoms. The number of benzene rings is 4. The number of carbonyl (C=O) groups is 2. The molecule has 1 saturated heterocycles. The zero-order chi connectivity index (χ0) is 42.5. The van der Waals surface area contributed by atoms with Crippen LogP contribution >= 0.6 is 0 Å². The second-order valence-electron chi connectivity index (χ2n) is 17.1. The van der Waals surface area contributed by atoms with E-state index in [1.807, 2.05) is 75.8 Å². The summed E-state index contributed by atoms with van der Waals surface area (Å²) < 4.78 is 28.5. The van der Waals surface area contributed by atoms with Crippen molar-refractivity contribution in [2.75, 3.05) is 44.3 Å². The molecule has 320 valence electrons. The minimum Gasteiger partial charge on any atom is -0.493 e. The molecule has 2 aliphatic rings. The first-order valence-corrected chi connectivity index (χ1v) is 22.0. The van der Waals surface area contributed by atoms with Gasteiger partial charge in [-0.15, -0.1) is 0 Å². The summed E-state index contributed by atoms with van der Waals surface area (Å²) in [4.78, 5) is 30.7. The van der Waals surface area contributed by atoms with Crippen molar-refractivity contribution in [3.8, 4) is 22.6 Å². The van der Waals surface area contributed by atoms with E-state index in [-0.39, 0.29) is 18.7 Å². The van der Waals surface area contributed by atoms with E-state index >= 15 is 0 Å². The van der Waals surface area contributed by atoms with Gasteiger partial charge in [0.1, 0.15) is 35.1 Å². The topological polar surface area (TPSA) is 100 Å². The molecule has 4 aromatic carbocycles. The molecule has 0 aliphatic carbocycles. The molecule has 6 aromatic rings. The van der Waals surface area contributed by atoms with Crippen LogP contribution in [0, 0.1) is 0 Å². The van der Waals surface area contributed by atoms with E-state index in [1.54, 1.807) is 4.90 Å². The van der Waals surface area contributed by atoms with E-state index in [1.165, 1.54) is 5.69 Å². The van der Waals surface area contributed by atoms with E-state index in [2.05, 4.69) is 58.0 Å². The van der Waals surface area contributed by atoms with Gasteiger partial charge >= 0.3 is 12.1 Å². The molecule has 0 atom stereocenters. The number of amides is 1. The lowest BCUT2D eigenvalue weighted by atomic mass is 9.96. The molecule has 11 heteroatoms. The number of aromatic nitrogens is 3. The Labute approximate surface area is 359 Å². The normalized spacial score (nSPS) is 14.7. The maximum Gasteiger partial charge on any atom is 0.410 e. The zero-order valence-corrected chi connectivity index (χ0v) is 36.4.